The van der Waals surface area contributed by atoms with Gasteiger partial charge in [0.25, 0.3) is 0 Å². The molecule has 12 heavy (non-hydrogen) atoms. The average Bonchev–Trinajstić information content (AvgIpc) is 2.52. The largest absolute Gasteiger partial charge is 0.300 e. The van der Waals surface area contributed by atoms with Crippen molar-refractivity contribution < 1.29 is 4.79 Å². The molecule has 1 N–H and O–H groups in total. The summed E-state index contributed by atoms with van der Waals surface area (Å²) in [6.07, 6.45) is 1.87. The number of nitrogens with one attached hydrogen (secondary N) is 1. The van der Waals surface area contributed by atoms with E-state index in [0.29, 0.717) is 10.3 Å². The molecule has 0 saturated carbocycles. The molecule has 7 heteroatoms. The number of carbonyl (C=O) groups excluding carboxylic acids is 1. The summed E-state index contributed by atoms with van der Waals surface area (Å²) in [7, 11) is 0. The highest BCUT2D eigenvalue weighted by Gasteiger charge is 2.05. The Bertz CT molecular complexity index is 277. The third kappa shape index (κ3) is 2.62. The van der Waals surface area contributed by atoms with Crippen LogP contribution in [-0.2, 0) is 4.79 Å². The molecule has 4 nitrogen and oxygen atoms in total. The summed E-state index contributed by atoms with van der Waals surface area (Å²) in [5.74, 6) is -0.325. The second-order valence-electron chi connectivity index (χ2n) is 1.77. The van der Waals surface area contributed by atoms with Crippen molar-refractivity contribution in [3.8, 4) is 0 Å². The van der Waals surface area contributed by atoms with Gasteiger partial charge in [-0.3, -0.25) is 10.1 Å². The first-order valence-corrected chi connectivity index (χ1v) is 5.53. The number of nitrogens with zero attached hydrogens (tertiary/aromatic N) is 2. The number of amides is 1. The number of hydrogen-bond donors (Lipinski definition) is 1. The number of anilines is 1. The average molecular weight is 224 g/mol. The van der Waals surface area contributed by atoms with Crippen molar-refractivity contribution in [2.75, 3.05) is 17.5 Å². The summed E-state index contributed by atoms with van der Waals surface area (Å²) >= 11 is 7.86. The van der Waals surface area contributed by atoms with E-state index in [-0.39, 0.29) is 11.8 Å². The molecule has 0 atom stereocenters. The van der Waals surface area contributed by atoms with E-state index in [0.717, 1.165) is 11.5 Å². The van der Waals surface area contributed by atoms with Crippen LogP contribution in [0.15, 0.2) is 5.16 Å². The van der Waals surface area contributed by atoms with Gasteiger partial charge in [0.15, 0.2) is 0 Å². The zero-order chi connectivity index (χ0) is 8.97. The van der Waals surface area contributed by atoms with Crippen molar-refractivity contribution in [3.05, 3.63) is 0 Å². The number of carbonyl (C=O) groups is 1. The molecule has 1 rings (SSSR count). The Morgan fingerprint density at radius 1 is 1.83 bits per heavy atom. The fourth-order valence-electron chi connectivity index (χ4n) is 0.496. The van der Waals surface area contributed by atoms with Crippen LogP contribution in [-0.4, -0.2) is 27.4 Å². The summed E-state index contributed by atoms with van der Waals surface area (Å²) in [5, 5.41) is 3.66. The molecule has 0 fully saturated rings. The minimum absolute atomic E-state index is 0.0613. The van der Waals surface area contributed by atoms with Gasteiger partial charge in [-0.15, -0.1) is 11.6 Å². The molecular weight excluding hydrogens is 218 g/mol. The molecule has 0 aromatic carbocycles. The first-order chi connectivity index (χ1) is 5.76. The third-order valence-electron chi connectivity index (χ3n) is 0.958. The van der Waals surface area contributed by atoms with Crippen LogP contribution in [0.5, 0.6) is 0 Å². The molecule has 1 amide bonds. The Labute approximate surface area is 82.9 Å². The SMILES string of the molecule is CSc1nsc(NC(=O)CCl)n1. The Morgan fingerprint density at radius 2 is 2.58 bits per heavy atom. The van der Waals surface area contributed by atoms with Crippen molar-refractivity contribution in [2.24, 2.45) is 0 Å². The van der Waals surface area contributed by atoms with Gasteiger partial charge in [-0.2, -0.15) is 9.36 Å². The van der Waals surface area contributed by atoms with E-state index in [1.807, 2.05) is 6.26 Å². The van der Waals surface area contributed by atoms with Crippen molar-refractivity contribution in [2.45, 2.75) is 5.16 Å². The Morgan fingerprint density at radius 3 is 3.08 bits per heavy atom. The molecule has 0 spiro atoms. The lowest BCUT2D eigenvalue weighted by molar-refractivity contribution is -0.113. The minimum atomic E-state index is -0.263. The number of alkyl halides is 1. The summed E-state index contributed by atoms with van der Waals surface area (Å²) in [6.45, 7) is 0. The summed E-state index contributed by atoms with van der Waals surface area (Å²) in [4.78, 5) is 14.8. The molecule has 1 aromatic heterocycles. The second kappa shape index (κ2) is 4.64. The molecule has 1 heterocycles. The van der Waals surface area contributed by atoms with Gasteiger partial charge < -0.3 is 0 Å². The van der Waals surface area contributed by atoms with Gasteiger partial charge >= 0.3 is 0 Å². The Balaban J connectivity index is 2.58. The molecule has 0 aliphatic heterocycles. The molecule has 0 unspecified atom stereocenters. The lowest BCUT2D eigenvalue weighted by atomic mass is 10.7. The molecule has 0 saturated heterocycles. The maximum Gasteiger partial charge on any atom is 0.241 e. The lowest BCUT2D eigenvalue weighted by Crippen LogP contribution is -2.12. The van der Waals surface area contributed by atoms with Gasteiger partial charge in [-0.05, 0) is 6.26 Å². The van der Waals surface area contributed by atoms with Gasteiger partial charge in [0.1, 0.15) is 5.88 Å². The van der Waals surface area contributed by atoms with E-state index in [9.17, 15) is 4.79 Å². The van der Waals surface area contributed by atoms with Crippen LogP contribution in [0.25, 0.3) is 0 Å². The first-order valence-electron chi connectivity index (χ1n) is 2.99. The predicted octanol–water partition coefficient (Wildman–Crippen LogP) is 1.44. The summed E-state index contributed by atoms with van der Waals surface area (Å²) in [5.41, 5.74) is 0. The van der Waals surface area contributed by atoms with Crippen molar-refractivity contribution >= 4 is 45.9 Å². The highest BCUT2D eigenvalue weighted by Crippen LogP contribution is 2.17. The first kappa shape index (κ1) is 9.76. The van der Waals surface area contributed by atoms with Crippen LogP contribution in [0.3, 0.4) is 0 Å². The second-order valence-corrected chi connectivity index (χ2v) is 3.56. The fraction of sp³-hybridized carbons (Fsp3) is 0.400. The smallest absolute Gasteiger partial charge is 0.241 e. The monoisotopic (exact) mass is 223 g/mol. The van der Waals surface area contributed by atoms with Crippen LogP contribution in [0.1, 0.15) is 0 Å². The van der Waals surface area contributed by atoms with Gasteiger partial charge in [0.05, 0.1) is 0 Å². The van der Waals surface area contributed by atoms with Crippen LogP contribution in [0.4, 0.5) is 5.13 Å². The molecule has 0 radical (unpaired) electrons. The third-order valence-corrected chi connectivity index (χ3v) is 2.49. The van der Waals surface area contributed by atoms with Gasteiger partial charge in [0.2, 0.25) is 16.2 Å². The van der Waals surface area contributed by atoms with E-state index in [2.05, 4.69) is 14.7 Å². The number of hydrogen-bond acceptors (Lipinski definition) is 5. The van der Waals surface area contributed by atoms with Crippen LogP contribution in [0.2, 0.25) is 0 Å². The Hall–Kier alpha value is -0.330. The van der Waals surface area contributed by atoms with Gasteiger partial charge in [-0.25, -0.2) is 0 Å². The molecule has 1 aromatic rings. The zero-order valence-electron chi connectivity index (χ0n) is 6.20. The van der Waals surface area contributed by atoms with Crippen molar-refractivity contribution in [3.63, 3.8) is 0 Å². The van der Waals surface area contributed by atoms with Gasteiger partial charge in [0, 0.05) is 11.5 Å². The highest BCUT2D eigenvalue weighted by atomic mass is 35.5. The number of halogens is 1. The zero-order valence-corrected chi connectivity index (χ0v) is 8.59. The number of rotatable bonds is 3. The molecule has 0 bridgehead atoms. The standard InChI is InChI=1S/C5H6ClN3OS2/c1-11-5-8-4(12-9-5)7-3(10)2-6/h2H2,1H3,(H,7,8,9,10). The van der Waals surface area contributed by atoms with Crippen LogP contribution >= 0.6 is 34.9 Å². The summed E-state index contributed by atoms with van der Waals surface area (Å²) in [6, 6.07) is 0. The topological polar surface area (TPSA) is 54.9 Å². The lowest BCUT2D eigenvalue weighted by Gasteiger charge is -1.93. The summed E-state index contributed by atoms with van der Waals surface area (Å²) < 4.78 is 3.96. The maximum atomic E-state index is 10.8. The molecular formula is C5H6ClN3OS2. The van der Waals surface area contributed by atoms with Crippen LogP contribution in [0, 0.1) is 0 Å². The quantitative estimate of drug-likeness (QED) is 0.622. The molecule has 0 aliphatic carbocycles. The minimum Gasteiger partial charge on any atom is -0.300 e. The van der Waals surface area contributed by atoms with Crippen LogP contribution < -0.4 is 5.32 Å². The van der Waals surface area contributed by atoms with E-state index in [1.54, 1.807) is 0 Å². The number of aromatic nitrogens is 2. The van der Waals surface area contributed by atoms with Gasteiger partial charge in [-0.1, -0.05) is 11.8 Å². The van der Waals surface area contributed by atoms with E-state index >= 15 is 0 Å². The highest BCUT2D eigenvalue weighted by molar-refractivity contribution is 7.98. The predicted molar refractivity (Wildman–Crippen MR) is 51.0 cm³/mol. The number of thioether (sulfide) groups is 1. The van der Waals surface area contributed by atoms with E-state index in [1.165, 1.54) is 11.8 Å². The fourth-order valence-corrected chi connectivity index (χ4v) is 1.71. The maximum absolute atomic E-state index is 10.8. The molecule has 66 valence electrons. The Kier molecular flexibility index (Phi) is 3.77. The van der Waals surface area contributed by atoms with Crippen molar-refractivity contribution in [1.29, 1.82) is 0 Å². The molecule has 0 aliphatic rings. The van der Waals surface area contributed by atoms with E-state index in [4.69, 9.17) is 11.6 Å². The van der Waals surface area contributed by atoms with Crippen molar-refractivity contribution in [1.82, 2.24) is 9.36 Å². The normalized spacial score (nSPS) is 9.83. The van der Waals surface area contributed by atoms with E-state index < -0.39 is 0 Å².